The molecule has 2 fully saturated rings. The molecule has 2 aliphatic rings. The number of sulfonamides is 1. The number of piperidine rings is 1. The van der Waals surface area contributed by atoms with Crippen LogP contribution < -0.4 is 10.1 Å². The first-order valence-electron chi connectivity index (χ1n) is 12.2. The van der Waals surface area contributed by atoms with E-state index < -0.39 is 10.0 Å². The summed E-state index contributed by atoms with van der Waals surface area (Å²) in [5.41, 5.74) is 1.07. The Morgan fingerprint density at radius 2 is 1.85 bits per heavy atom. The highest BCUT2D eigenvalue weighted by molar-refractivity contribution is 7.89. The molecular formula is C24H40N4O4S. The minimum atomic E-state index is -3.37. The highest BCUT2D eigenvalue weighted by Crippen LogP contribution is 2.17. The Kier molecular flexibility index (Phi) is 9.97. The Bertz CT molecular complexity index is 841. The number of carbonyl (C=O) groups is 1. The van der Waals surface area contributed by atoms with Crippen molar-refractivity contribution in [2.45, 2.75) is 45.1 Å². The first-order valence-corrected chi connectivity index (χ1v) is 13.8. The average Bonchev–Trinajstić information content (AvgIpc) is 2.84. The van der Waals surface area contributed by atoms with Crippen LogP contribution in [0, 0.1) is 0 Å². The van der Waals surface area contributed by atoms with Gasteiger partial charge in [-0.05, 0) is 50.4 Å². The molecule has 0 unspecified atom stereocenters. The average molecular weight is 481 g/mol. The maximum Gasteiger partial charge on any atom is 0.222 e. The lowest BCUT2D eigenvalue weighted by Gasteiger charge is -2.35. The molecule has 3 rings (SSSR count). The van der Waals surface area contributed by atoms with Gasteiger partial charge >= 0.3 is 0 Å². The minimum absolute atomic E-state index is 0.0170. The Morgan fingerprint density at radius 1 is 1.12 bits per heavy atom. The molecule has 0 bridgehead atoms. The van der Waals surface area contributed by atoms with Gasteiger partial charge in [0.1, 0.15) is 5.75 Å². The summed E-state index contributed by atoms with van der Waals surface area (Å²) in [4.78, 5) is 17.3. The molecule has 186 valence electrons. The molecule has 1 amide bonds. The maximum atomic E-state index is 13.2. The number of piperazine rings is 1. The SMILES string of the molecule is COc1ccc(CCC(=O)N(CCN2CCCC[C@H]2C)CCS(=O)(=O)N2CCNCC2)cc1. The van der Waals surface area contributed by atoms with Crippen molar-refractivity contribution in [1.82, 2.24) is 19.4 Å². The molecule has 8 nitrogen and oxygen atoms in total. The number of ether oxygens (including phenoxy) is 1. The van der Waals surface area contributed by atoms with Crippen molar-refractivity contribution >= 4 is 15.9 Å². The molecule has 2 aliphatic heterocycles. The quantitative estimate of drug-likeness (QED) is 0.518. The Morgan fingerprint density at radius 3 is 2.52 bits per heavy atom. The van der Waals surface area contributed by atoms with Crippen LogP contribution in [0.1, 0.15) is 38.2 Å². The van der Waals surface area contributed by atoms with Gasteiger partial charge in [-0.15, -0.1) is 0 Å². The van der Waals surface area contributed by atoms with Crippen LogP contribution in [0.3, 0.4) is 0 Å². The van der Waals surface area contributed by atoms with Gasteiger partial charge in [0.05, 0.1) is 12.9 Å². The van der Waals surface area contributed by atoms with Gasteiger partial charge in [-0.1, -0.05) is 18.6 Å². The predicted octanol–water partition coefficient (Wildman–Crippen LogP) is 1.57. The van der Waals surface area contributed by atoms with E-state index in [2.05, 4.69) is 17.1 Å². The normalized spacial score (nSPS) is 20.5. The van der Waals surface area contributed by atoms with Gasteiger partial charge < -0.3 is 15.0 Å². The van der Waals surface area contributed by atoms with Crippen LogP contribution in [-0.2, 0) is 21.2 Å². The lowest BCUT2D eigenvalue weighted by molar-refractivity contribution is -0.131. The number of methoxy groups -OCH3 is 1. The summed E-state index contributed by atoms with van der Waals surface area (Å²) in [6.07, 6.45) is 4.63. The third-order valence-electron chi connectivity index (χ3n) is 6.83. The molecular weight excluding hydrogens is 440 g/mol. The van der Waals surface area contributed by atoms with Crippen molar-refractivity contribution < 1.29 is 17.9 Å². The Hall–Kier alpha value is -1.68. The maximum absolute atomic E-state index is 13.2. The number of benzene rings is 1. The highest BCUT2D eigenvalue weighted by Gasteiger charge is 2.26. The van der Waals surface area contributed by atoms with Crippen molar-refractivity contribution in [3.05, 3.63) is 29.8 Å². The van der Waals surface area contributed by atoms with E-state index in [1.54, 1.807) is 16.3 Å². The second kappa shape index (κ2) is 12.7. The molecule has 33 heavy (non-hydrogen) atoms. The molecule has 1 aromatic carbocycles. The molecule has 0 radical (unpaired) electrons. The molecule has 2 heterocycles. The summed E-state index contributed by atoms with van der Waals surface area (Å²) in [6.45, 7) is 7.26. The predicted molar refractivity (Wildman–Crippen MR) is 131 cm³/mol. The second-order valence-electron chi connectivity index (χ2n) is 9.07. The summed E-state index contributed by atoms with van der Waals surface area (Å²) in [6, 6.07) is 8.26. The van der Waals surface area contributed by atoms with Crippen molar-refractivity contribution in [2.24, 2.45) is 0 Å². The summed E-state index contributed by atoms with van der Waals surface area (Å²) in [7, 11) is -1.74. The number of rotatable bonds is 11. The van der Waals surface area contributed by atoms with E-state index in [0.717, 1.165) is 24.4 Å². The van der Waals surface area contributed by atoms with Gasteiger partial charge in [-0.25, -0.2) is 8.42 Å². The van der Waals surface area contributed by atoms with Gasteiger partial charge in [0.15, 0.2) is 0 Å². The fraction of sp³-hybridized carbons (Fsp3) is 0.708. The van der Waals surface area contributed by atoms with Crippen LogP contribution >= 0.6 is 0 Å². The molecule has 0 saturated carbocycles. The number of amides is 1. The number of likely N-dealkylation sites (tertiary alicyclic amines) is 1. The zero-order chi connectivity index (χ0) is 23.7. The molecule has 1 N–H and O–H groups in total. The molecule has 1 aromatic rings. The Balaban J connectivity index is 1.59. The first-order chi connectivity index (χ1) is 15.9. The van der Waals surface area contributed by atoms with Crippen LogP contribution in [0.5, 0.6) is 5.75 Å². The van der Waals surface area contributed by atoms with Crippen molar-refractivity contribution in [3.8, 4) is 5.75 Å². The topological polar surface area (TPSA) is 82.2 Å². The largest absolute Gasteiger partial charge is 0.497 e. The van der Waals surface area contributed by atoms with E-state index in [9.17, 15) is 13.2 Å². The van der Waals surface area contributed by atoms with Gasteiger partial charge in [-0.3, -0.25) is 9.69 Å². The van der Waals surface area contributed by atoms with Crippen molar-refractivity contribution in [2.75, 3.05) is 65.2 Å². The number of carbonyl (C=O) groups excluding carboxylic acids is 1. The van der Waals surface area contributed by atoms with Gasteiger partial charge in [-0.2, -0.15) is 4.31 Å². The van der Waals surface area contributed by atoms with Crippen LogP contribution in [0.15, 0.2) is 24.3 Å². The Labute approximate surface area is 199 Å². The van der Waals surface area contributed by atoms with Crippen LogP contribution in [0.25, 0.3) is 0 Å². The van der Waals surface area contributed by atoms with Crippen LogP contribution in [0.2, 0.25) is 0 Å². The molecule has 9 heteroatoms. The monoisotopic (exact) mass is 480 g/mol. The summed E-state index contributed by atoms with van der Waals surface area (Å²) >= 11 is 0. The number of hydrogen-bond donors (Lipinski definition) is 1. The van der Waals surface area contributed by atoms with E-state index in [1.165, 1.54) is 19.3 Å². The van der Waals surface area contributed by atoms with E-state index in [4.69, 9.17) is 4.74 Å². The number of aryl methyl sites for hydroxylation is 1. The van der Waals surface area contributed by atoms with E-state index in [0.29, 0.717) is 51.6 Å². The smallest absolute Gasteiger partial charge is 0.222 e. The zero-order valence-electron chi connectivity index (χ0n) is 20.2. The molecule has 2 saturated heterocycles. The standard InChI is InChI=1S/C24H40N4O4S/c1-21-5-3-4-14-26(21)17-18-27(19-20-33(30,31)28-15-12-25-13-16-28)24(29)11-8-22-6-9-23(32-2)10-7-22/h6-7,9-10,21,25H,3-5,8,11-20H2,1-2H3/t21-/m1/s1. The van der Waals surface area contributed by atoms with Gasteiger partial charge in [0.25, 0.3) is 0 Å². The highest BCUT2D eigenvalue weighted by atomic mass is 32.2. The molecule has 0 aromatic heterocycles. The van der Waals surface area contributed by atoms with Crippen molar-refractivity contribution in [1.29, 1.82) is 0 Å². The summed E-state index contributed by atoms with van der Waals surface area (Å²) in [5.74, 6) is 0.795. The lowest BCUT2D eigenvalue weighted by atomic mass is 10.0. The number of nitrogens with one attached hydrogen (secondary N) is 1. The van der Waals surface area contributed by atoms with E-state index in [1.807, 2.05) is 24.3 Å². The third kappa shape index (κ3) is 7.95. The minimum Gasteiger partial charge on any atom is -0.497 e. The summed E-state index contributed by atoms with van der Waals surface area (Å²) < 4.78 is 32.4. The van der Waals surface area contributed by atoms with Gasteiger partial charge in [0.2, 0.25) is 15.9 Å². The zero-order valence-corrected chi connectivity index (χ0v) is 21.0. The third-order valence-corrected chi connectivity index (χ3v) is 8.68. The lowest BCUT2D eigenvalue weighted by Crippen LogP contribution is -2.49. The summed E-state index contributed by atoms with van der Waals surface area (Å²) in [5, 5.41) is 3.19. The van der Waals surface area contributed by atoms with E-state index in [-0.39, 0.29) is 18.2 Å². The number of nitrogens with zero attached hydrogens (tertiary/aromatic N) is 3. The van der Waals surface area contributed by atoms with Crippen LogP contribution in [0.4, 0.5) is 0 Å². The fourth-order valence-electron chi connectivity index (χ4n) is 4.58. The molecule has 0 spiro atoms. The second-order valence-corrected chi connectivity index (χ2v) is 11.2. The van der Waals surface area contributed by atoms with Crippen molar-refractivity contribution in [3.63, 3.8) is 0 Å². The molecule has 0 aliphatic carbocycles. The number of hydrogen-bond acceptors (Lipinski definition) is 6. The fourth-order valence-corrected chi connectivity index (χ4v) is 6.03. The van der Waals surface area contributed by atoms with Gasteiger partial charge in [0, 0.05) is 58.3 Å². The van der Waals surface area contributed by atoms with Crippen LogP contribution in [-0.4, -0.2) is 99.7 Å². The molecule has 1 atom stereocenters. The first kappa shape index (κ1) is 25.9. The van der Waals surface area contributed by atoms with E-state index >= 15 is 0 Å².